The van der Waals surface area contributed by atoms with Gasteiger partial charge >= 0.3 is 0 Å². The summed E-state index contributed by atoms with van der Waals surface area (Å²) in [5.41, 5.74) is 1.14. The number of carbonyl (C=O) groups excluding carboxylic acids is 1. The second kappa shape index (κ2) is 8.39. The molecule has 0 aliphatic heterocycles. The molecule has 4 aromatic rings. The molecule has 0 fully saturated rings. The van der Waals surface area contributed by atoms with E-state index in [0.717, 1.165) is 11.3 Å². The normalized spacial score (nSPS) is 10.7. The van der Waals surface area contributed by atoms with Crippen LogP contribution >= 0.6 is 0 Å². The second-order valence-corrected chi connectivity index (χ2v) is 6.10. The zero-order valence-corrected chi connectivity index (χ0v) is 15.9. The number of methoxy groups -OCH3 is 1. The highest BCUT2D eigenvalue weighted by Crippen LogP contribution is 2.21. The van der Waals surface area contributed by atoms with Crippen LogP contribution in [0.1, 0.15) is 10.5 Å². The molecule has 1 aromatic carbocycles. The molecule has 11 nitrogen and oxygen atoms in total. The summed E-state index contributed by atoms with van der Waals surface area (Å²) in [4.78, 5) is 22.9. The predicted molar refractivity (Wildman–Crippen MR) is 105 cm³/mol. The second-order valence-electron chi connectivity index (χ2n) is 6.10. The van der Waals surface area contributed by atoms with E-state index in [9.17, 15) is 9.59 Å². The molecule has 0 unspecified atom stereocenters. The summed E-state index contributed by atoms with van der Waals surface area (Å²) in [6.45, 7) is 0.417. The third-order valence-electron chi connectivity index (χ3n) is 4.14. The van der Waals surface area contributed by atoms with Crippen LogP contribution in [0.4, 0.5) is 0 Å². The van der Waals surface area contributed by atoms with Crippen molar-refractivity contribution >= 4 is 11.6 Å². The minimum Gasteiger partial charge on any atom is -0.497 e. The first-order valence-electron chi connectivity index (χ1n) is 8.97. The number of hydrogen-bond donors (Lipinski definition) is 2. The van der Waals surface area contributed by atoms with E-state index in [1.165, 1.54) is 12.1 Å². The number of amides is 1. The molecule has 4 rings (SSSR count). The van der Waals surface area contributed by atoms with Crippen molar-refractivity contribution in [3.8, 4) is 23.0 Å². The molecule has 0 aliphatic rings. The Morgan fingerprint density at radius 3 is 2.67 bits per heavy atom. The van der Waals surface area contributed by atoms with Gasteiger partial charge in [-0.25, -0.2) is 5.10 Å². The number of benzene rings is 1. The number of aromatic nitrogens is 6. The molecule has 1 amide bonds. The molecule has 2 N–H and O–H groups in total. The topological polar surface area (TPSA) is 136 Å². The zero-order valence-electron chi connectivity index (χ0n) is 15.9. The molecule has 3 heterocycles. The Kier molecular flexibility index (Phi) is 5.33. The Morgan fingerprint density at radius 1 is 1.10 bits per heavy atom. The van der Waals surface area contributed by atoms with Crippen molar-refractivity contribution in [2.24, 2.45) is 0 Å². The molecule has 3 aromatic heterocycles. The van der Waals surface area contributed by atoms with E-state index in [1.807, 2.05) is 24.3 Å². The number of ether oxygens (including phenoxy) is 2. The van der Waals surface area contributed by atoms with Crippen LogP contribution in [-0.4, -0.2) is 56.2 Å². The SMILES string of the molecule is COc1ccc(-c2nnc3ccc(OCCNC(=O)c4ccc(=O)[nH]n4)nn23)cc1. The van der Waals surface area contributed by atoms with Crippen molar-refractivity contribution in [2.75, 3.05) is 20.3 Å². The molecule has 152 valence electrons. The highest BCUT2D eigenvalue weighted by Gasteiger charge is 2.11. The maximum Gasteiger partial charge on any atom is 0.271 e. The lowest BCUT2D eigenvalue weighted by Crippen LogP contribution is -2.29. The summed E-state index contributed by atoms with van der Waals surface area (Å²) in [6.07, 6.45) is 0. The highest BCUT2D eigenvalue weighted by atomic mass is 16.5. The Morgan fingerprint density at radius 2 is 1.93 bits per heavy atom. The number of hydrogen-bond acceptors (Lipinski definition) is 8. The molecule has 0 saturated carbocycles. The van der Waals surface area contributed by atoms with Crippen molar-refractivity contribution in [3.63, 3.8) is 0 Å². The summed E-state index contributed by atoms with van der Waals surface area (Å²) < 4.78 is 12.4. The van der Waals surface area contributed by atoms with E-state index in [2.05, 4.69) is 30.8 Å². The standard InChI is InChI=1S/C19H17N7O4/c1-29-13-4-2-12(3-5-13)18-24-22-15-7-9-17(25-26(15)18)30-11-10-20-19(28)14-6-8-16(27)23-21-14/h2-9H,10-11H2,1H3,(H,20,28)(H,23,27). The number of nitrogens with zero attached hydrogens (tertiary/aromatic N) is 5. The molecular weight excluding hydrogens is 390 g/mol. The van der Waals surface area contributed by atoms with Gasteiger partial charge in [-0.05, 0) is 36.4 Å². The minimum absolute atomic E-state index is 0.114. The Hall–Kier alpha value is -4.28. The molecule has 30 heavy (non-hydrogen) atoms. The van der Waals surface area contributed by atoms with E-state index >= 15 is 0 Å². The van der Waals surface area contributed by atoms with Crippen molar-refractivity contribution in [3.05, 3.63) is 64.6 Å². The molecule has 0 spiro atoms. The number of rotatable bonds is 7. The van der Waals surface area contributed by atoms with Gasteiger partial charge in [0, 0.05) is 17.7 Å². The maximum atomic E-state index is 12.0. The van der Waals surface area contributed by atoms with Gasteiger partial charge in [0.05, 0.1) is 13.7 Å². The Balaban J connectivity index is 1.40. The predicted octanol–water partition coefficient (Wildman–Crippen LogP) is 0.692. The molecule has 0 saturated heterocycles. The fraction of sp³-hybridized carbons (Fsp3) is 0.158. The van der Waals surface area contributed by atoms with Crippen molar-refractivity contribution in [1.29, 1.82) is 0 Å². The first-order valence-corrected chi connectivity index (χ1v) is 8.97. The van der Waals surface area contributed by atoms with Crippen LogP contribution in [0.2, 0.25) is 0 Å². The van der Waals surface area contributed by atoms with Gasteiger partial charge in [-0.3, -0.25) is 9.59 Å². The van der Waals surface area contributed by atoms with Crippen molar-refractivity contribution in [1.82, 2.24) is 35.3 Å². The summed E-state index contributed by atoms with van der Waals surface area (Å²) >= 11 is 0. The van der Waals surface area contributed by atoms with Gasteiger partial charge in [0.1, 0.15) is 18.1 Å². The number of carbonyl (C=O) groups is 1. The van der Waals surface area contributed by atoms with Gasteiger partial charge in [0.15, 0.2) is 11.5 Å². The number of aromatic amines is 1. The van der Waals surface area contributed by atoms with E-state index in [0.29, 0.717) is 17.4 Å². The molecule has 11 heteroatoms. The third-order valence-corrected chi connectivity index (χ3v) is 4.14. The molecule has 0 bridgehead atoms. The van der Waals surface area contributed by atoms with Gasteiger partial charge in [0.2, 0.25) is 5.88 Å². The lowest BCUT2D eigenvalue weighted by Gasteiger charge is -2.07. The molecule has 0 radical (unpaired) electrons. The third kappa shape index (κ3) is 4.09. The van der Waals surface area contributed by atoms with Crippen LogP contribution in [-0.2, 0) is 0 Å². The van der Waals surface area contributed by atoms with Crippen molar-refractivity contribution < 1.29 is 14.3 Å². The average molecular weight is 407 g/mol. The summed E-state index contributed by atoms with van der Waals surface area (Å²) in [6, 6.07) is 13.4. The van der Waals surface area contributed by atoms with E-state index in [1.54, 1.807) is 23.8 Å². The monoisotopic (exact) mass is 407 g/mol. The number of fused-ring (bicyclic) bond motifs is 1. The lowest BCUT2D eigenvalue weighted by atomic mass is 10.2. The van der Waals surface area contributed by atoms with E-state index in [4.69, 9.17) is 9.47 Å². The van der Waals surface area contributed by atoms with E-state index in [-0.39, 0.29) is 24.4 Å². The fourth-order valence-electron chi connectivity index (χ4n) is 2.65. The zero-order chi connectivity index (χ0) is 20.9. The van der Waals surface area contributed by atoms with Gasteiger partial charge in [-0.2, -0.15) is 9.61 Å². The van der Waals surface area contributed by atoms with Crippen LogP contribution in [0.15, 0.2) is 53.3 Å². The van der Waals surface area contributed by atoms with Crippen LogP contribution in [0.5, 0.6) is 11.6 Å². The maximum absolute atomic E-state index is 12.0. The van der Waals surface area contributed by atoms with Gasteiger partial charge in [-0.1, -0.05) is 0 Å². The average Bonchev–Trinajstić information content (AvgIpc) is 3.20. The van der Waals surface area contributed by atoms with Crippen molar-refractivity contribution in [2.45, 2.75) is 0 Å². The number of H-pyrrole nitrogens is 1. The molecule has 0 atom stereocenters. The quantitative estimate of drug-likeness (QED) is 0.427. The molecule has 0 aliphatic carbocycles. The van der Waals surface area contributed by atoms with E-state index < -0.39 is 5.91 Å². The highest BCUT2D eigenvalue weighted by molar-refractivity contribution is 5.91. The summed E-state index contributed by atoms with van der Waals surface area (Å²) in [5.74, 6) is 1.24. The van der Waals surface area contributed by atoms with Gasteiger partial charge in [-0.15, -0.1) is 15.3 Å². The largest absolute Gasteiger partial charge is 0.497 e. The lowest BCUT2D eigenvalue weighted by molar-refractivity contribution is 0.0940. The van der Waals surface area contributed by atoms with Gasteiger partial charge < -0.3 is 14.8 Å². The first kappa shape index (κ1) is 19.1. The number of nitrogens with one attached hydrogen (secondary N) is 2. The summed E-state index contributed by atoms with van der Waals surface area (Å²) in [7, 11) is 1.60. The summed E-state index contributed by atoms with van der Waals surface area (Å²) in [5, 5.41) is 21.2. The van der Waals surface area contributed by atoms with Crippen LogP contribution in [0.25, 0.3) is 17.0 Å². The Labute approximate surface area is 169 Å². The molecular formula is C19H17N7O4. The van der Waals surface area contributed by atoms with Crippen LogP contribution in [0.3, 0.4) is 0 Å². The van der Waals surface area contributed by atoms with Gasteiger partial charge in [0.25, 0.3) is 11.5 Å². The fourth-order valence-corrected chi connectivity index (χ4v) is 2.65. The van der Waals surface area contributed by atoms with Crippen LogP contribution in [0, 0.1) is 0 Å². The first-order chi connectivity index (χ1) is 14.6. The minimum atomic E-state index is -0.418. The smallest absolute Gasteiger partial charge is 0.271 e. The van der Waals surface area contributed by atoms with Crippen LogP contribution < -0.4 is 20.3 Å². The Bertz CT molecular complexity index is 1210.